The van der Waals surface area contributed by atoms with Crippen molar-refractivity contribution in [1.29, 1.82) is 0 Å². The highest BCUT2D eigenvalue weighted by Crippen LogP contribution is 2.39. The van der Waals surface area contributed by atoms with Gasteiger partial charge >= 0.3 is 0 Å². The van der Waals surface area contributed by atoms with Crippen molar-refractivity contribution in [3.63, 3.8) is 0 Å². The number of nitrogens with one attached hydrogen (secondary N) is 2. The van der Waals surface area contributed by atoms with E-state index in [1.54, 1.807) is 0 Å². The maximum absolute atomic E-state index is 12.4. The molecular weight excluding hydrogens is 388 g/mol. The second-order valence-electron chi connectivity index (χ2n) is 8.49. The Bertz CT molecular complexity index is 1020. The van der Waals surface area contributed by atoms with Crippen LogP contribution in [-0.4, -0.2) is 47.3 Å². The monoisotopic (exact) mass is 416 g/mol. The molecule has 1 saturated carbocycles. The van der Waals surface area contributed by atoms with Gasteiger partial charge in [-0.1, -0.05) is 48.5 Å². The molecule has 1 amide bonds. The summed E-state index contributed by atoms with van der Waals surface area (Å²) in [6.07, 6.45) is 2.75. The standard InChI is InChI=1S/C25H28N4O2/c30-25(26-24-16-23(27-28-24)22-9-10-22)15-18-1-5-20(6-2-18)21-7-3-19(4-8-21)17-29-11-13-31-14-12-29/h1-8,16,22H,9-15,17H2,(H2,26,27,28,30). The van der Waals surface area contributed by atoms with Gasteiger partial charge in [-0.25, -0.2) is 0 Å². The minimum absolute atomic E-state index is 0.0472. The summed E-state index contributed by atoms with van der Waals surface area (Å²) in [6.45, 7) is 4.62. The van der Waals surface area contributed by atoms with Gasteiger partial charge in [-0.2, -0.15) is 5.10 Å². The fourth-order valence-electron chi connectivity index (χ4n) is 4.01. The van der Waals surface area contributed by atoms with E-state index < -0.39 is 0 Å². The Kier molecular flexibility index (Phi) is 5.82. The van der Waals surface area contributed by atoms with E-state index in [0.717, 1.165) is 49.7 Å². The zero-order chi connectivity index (χ0) is 21.0. The number of aromatic nitrogens is 2. The van der Waals surface area contributed by atoms with Crippen molar-refractivity contribution < 1.29 is 9.53 Å². The molecule has 0 atom stereocenters. The van der Waals surface area contributed by atoms with Gasteiger partial charge < -0.3 is 10.1 Å². The zero-order valence-electron chi connectivity index (χ0n) is 17.6. The van der Waals surface area contributed by atoms with Crippen molar-refractivity contribution in [1.82, 2.24) is 15.1 Å². The van der Waals surface area contributed by atoms with Crippen LogP contribution < -0.4 is 5.32 Å². The van der Waals surface area contributed by atoms with Gasteiger partial charge in [-0.05, 0) is 35.1 Å². The molecule has 2 heterocycles. The second kappa shape index (κ2) is 9.04. The SMILES string of the molecule is O=C(Cc1ccc(-c2ccc(CN3CCOCC3)cc2)cc1)Nc1cc(C2CC2)[nH]n1. The predicted octanol–water partition coefficient (Wildman–Crippen LogP) is 3.97. The number of benzene rings is 2. The molecule has 1 aliphatic heterocycles. The Morgan fingerprint density at radius 1 is 1.00 bits per heavy atom. The summed E-state index contributed by atoms with van der Waals surface area (Å²) in [5, 5.41) is 10.1. The van der Waals surface area contributed by atoms with Crippen LogP contribution >= 0.6 is 0 Å². The molecule has 5 rings (SSSR count). The molecule has 2 aliphatic rings. The zero-order valence-corrected chi connectivity index (χ0v) is 17.6. The number of ether oxygens (including phenoxy) is 1. The second-order valence-corrected chi connectivity index (χ2v) is 8.49. The van der Waals surface area contributed by atoms with E-state index in [-0.39, 0.29) is 5.91 Å². The highest BCUT2D eigenvalue weighted by Gasteiger charge is 2.25. The van der Waals surface area contributed by atoms with Crippen molar-refractivity contribution in [3.8, 4) is 11.1 Å². The van der Waals surface area contributed by atoms with Crippen molar-refractivity contribution >= 4 is 11.7 Å². The van der Waals surface area contributed by atoms with Crippen molar-refractivity contribution in [3.05, 3.63) is 71.4 Å². The molecule has 6 heteroatoms. The molecule has 1 aliphatic carbocycles. The number of nitrogens with zero attached hydrogens (tertiary/aromatic N) is 2. The van der Waals surface area contributed by atoms with Crippen LogP contribution in [0.5, 0.6) is 0 Å². The third-order valence-electron chi connectivity index (χ3n) is 6.00. The summed E-state index contributed by atoms with van der Waals surface area (Å²) in [6, 6.07) is 18.9. The first-order chi connectivity index (χ1) is 15.2. The van der Waals surface area contributed by atoms with Crippen LogP contribution in [0, 0.1) is 0 Å². The average molecular weight is 417 g/mol. The van der Waals surface area contributed by atoms with Crippen LogP contribution in [0.3, 0.4) is 0 Å². The molecule has 2 N–H and O–H groups in total. The van der Waals surface area contributed by atoms with Gasteiger partial charge in [0.1, 0.15) is 0 Å². The number of hydrogen-bond acceptors (Lipinski definition) is 4. The minimum Gasteiger partial charge on any atom is -0.379 e. The summed E-state index contributed by atoms with van der Waals surface area (Å²) in [4.78, 5) is 14.8. The molecule has 160 valence electrons. The van der Waals surface area contributed by atoms with Gasteiger partial charge in [0.25, 0.3) is 0 Å². The molecule has 0 bridgehead atoms. The molecule has 6 nitrogen and oxygen atoms in total. The van der Waals surface area contributed by atoms with Gasteiger partial charge in [0, 0.05) is 37.3 Å². The summed E-state index contributed by atoms with van der Waals surface area (Å²) in [5.41, 5.74) is 5.77. The van der Waals surface area contributed by atoms with Gasteiger partial charge in [0.15, 0.2) is 5.82 Å². The van der Waals surface area contributed by atoms with Crippen molar-refractivity contribution in [2.24, 2.45) is 0 Å². The molecule has 1 saturated heterocycles. The third kappa shape index (κ3) is 5.21. The summed E-state index contributed by atoms with van der Waals surface area (Å²) < 4.78 is 5.42. The Labute approximate surface area is 182 Å². The quantitative estimate of drug-likeness (QED) is 0.612. The van der Waals surface area contributed by atoms with Gasteiger partial charge in [0.05, 0.1) is 19.6 Å². The summed E-state index contributed by atoms with van der Waals surface area (Å²) in [5.74, 6) is 1.16. The Hall–Kier alpha value is -2.96. The van der Waals surface area contributed by atoms with E-state index in [9.17, 15) is 4.79 Å². The van der Waals surface area contributed by atoms with Crippen LogP contribution in [0.15, 0.2) is 54.6 Å². The Morgan fingerprint density at radius 3 is 2.29 bits per heavy atom. The first kappa shape index (κ1) is 20.0. The number of amides is 1. The lowest BCUT2D eigenvalue weighted by Gasteiger charge is -2.26. The highest BCUT2D eigenvalue weighted by molar-refractivity contribution is 5.91. The Morgan fingerprint density at radius 2 is 1.65 bits per heavy atom. The normalized spacial score (nSPS) is 16.9. The maximum atomic E-state index is 12.4. The van der Waals surface area contributed by atoms with Crippen molar-refractivity contribution in [2.75, 3.05) is 31.6 Å². The minimum atomic E-state index is -0.0472. The maximum Gasteiger partial charge on any atom is 0.229 e. The van der Waals surface area contributed by atoms with E-state index in [0.29, 0.717) is 18.2 Å². The number of rotatable bonds is 7. The molecule has 0 unspecified atom stereocenters. The number of carbonyl (C=O) groups excluding carboxylic acids is 1. The van der Waals surface area contributed by atoms with Crippen LogP contribution in [0.2, 0.25) is 0 Å². The topological polar surface area (TPSA) is 70.2 Å². The Balaban J connectivity index is 1.15. The van der Waals surface area contributed by atoms with Gasteiger partial charge in [-0.15, -0.1) is 0 Å². The molecule has 2 fully saturated rings. The molecule has 0 radical (unpaired) electrons. The summed E-state index contributed by atoms with van der Waals surface area (Å²) >= 11 is 0. The molecule has 2 aromatic carbocycles. The smallest absolute Gasteiger partial charge is 0.229 e. The predicted molar refractivity (Wildman–Crippen MR) is 121 cm³/mol. The number of aromatic amines is 1. The molecule has 0 spiro atoms. The number of morpholine rings is 1. The first-order valence-corrected chi connectivity index (χ1v) is 11.1. The fourth-order valence-corrected chi connectivity index (χ4v) is 4.01. The lowest BCUT2D eigenvalue weighted by atomic mass is 10.0. The van der Waals surface area contributed by atoms with Crippen LogP contribution in [0.4, 0.5) is 5.82 Å². The van der Waals surface area contributed by atoms with Gasteiger partial charge in [0.2, 0.25) is 5.91 Å². The van der Waals surface area contributed by atoms with Crippen LogP contribution in [0.1, 0.15) is 35.6 Å². The third-order valence-corrected chi connectivity index (χ3v) is 6.00. The largest absolute Gasteiger partial charge is 0.379 e. The summed E-state index contributed by atoms with van der Waals surface area (Å²) in [7, 11) is 0. The number of hydrogen-bond donors (Lipinski definition) is 2. The number of carbonyl (C=O) groups is 1. The van der Waals surface area contributed by atoms with E-state index in [1.165, 1.54) is 24.0 Å². The van der Waals surface area contributed by atoms with Crippen molar-refractivity contribution in [2.45, 2.75) is 31.7 Å². The molecule has 3 aromatic rings. The fraction of sp³-hybridized carbons (Fsp3) is 0.360. The molecule has 31 heavy (non-hydrogen) atoms. The molecular formula is C25H28N4O2. The first-order valence-electron chi connectivity index (χ1n) is 11.1. The van der Waals surface area contributed by atoms with E-state index in [1.807, 2.05) is 18.2 Å². The highest BCUT2D eigenvalue weighted by atomic mass is 16.5. The van der Waals surface area contributed by atoms with E-state index in [2.05, 4.69) is 56.8 Å². The number of anilines is 1. The molecule has 1 aromatic heterocycles. The van der Waals surface area contributed by atoms with E-state index in [4.69, 9.17) is 4.74 Å². The lowest BCUT2D eigenvalue weighted by molar-refractivity contribution is -0.115. The van der Waals surface area contributed by atoms with Gasteiger partial charge in [-0.3, -0.25) is 14.8 Å². The lowest BCUT2D eigenvalue weighted by Crippen LogP contribution is -2.35. The average Bonchev–Trinajstić information content (AvgIpc) is 3.55. The van der Waals surface area contributed by atoms with Crippen LogP contribution in [-0.2, 0) is 22.5 Å². The van der Waals surface area contributed by atoms with Crippen LogP contribution in [0.25, 0.3) is 11.1 Å². The number of H-pyrrole nitrogens is 1. The van der Waals surface area contributed by atoms with E-state index >= 15 is 0 Å².